The van der Waals surface area contributed by atoms with Crippen molar-refractivity contribution in [2.75, 3.05) is 6.54 Å². The zero-order valence-electron chi connectivity index (χ0n) is 15.4. The van der Waals surface area contributed by atoms with Crippen molar-refractivity contribution in [3.8, 4) is 11.3 Å². The number of hydrogen-bond donors (Lipinski definition) is 0. The molecule has 1 aliphatic rings. The lowest BCUT2D eigenvalue weighted by Gasteiger charge is -2.11. The topological polar surface area (TPSA) is 102 Å². The van der Waals surface area contributed by atoms with E-state index in [0.29, 0.717) is 38.8 Å². The summed E-state index contributed by atoms with van der Waals surface area (Å²) >= 11 is 2.61. The molecule has 1 aliphatic heterocycles. The molecule has 30 heavy (non-hydrogen) atoms. The molecule has 0 aliphatic carbocycles. The van der Waals surface area contributed by atoms with E-state index in [-0.39, 0.29) is 11.6 Å². The summed E-state index contributed by atoms with van der Waals surface area (Å²) in [6.07, 6.45) is 4.92. The number of non-ortho nitro benzene ring substituents is 1. The minimum Gasteiger partial charge on any atom is -0.457 e. The second-order valence-corrected chi connectivity index (χ2v) is 7.92. The zero-order valence-corrected chi connectivity index (χ0v) is 17.1. The number of thioether (sulfide) groups is 1. The molecule has 0 bridgehead atoms. The van der Waals surface area contributed by atoms with Crippen LogP contribution < -0.4 is 0 Å². The minimum absolute atomic E-state index is 0.0200. The van der Waals surface area contributed by atoms with Crippen LogP contribution in [0.5, 0.6) is 0 Å². The number of rotatable bonds is 6. The Morgan fingerprint density at radius 3 is 2.93 bits per heavy atom. The Labute approximate surface area is 179 Å². The maximum absolute atomic E-state index is 12.8. The summed E-state index contributed by atoms with van der Waals surface area (Å²) in [5.41, 5.74) is 0.562. The normalized spacial score (nSPS) is 16.5. The van der Waals surface area contributed by atoms with Crippen LogP contribution in [0.15, 0.2) is 74.9 Å². The lowest BCUT2D eigenvalue weighted by molar-refractivity contribution is -0.384. The molecule has 10 heteroatoms. The molecule has 1 fully saturated rings. The Hall–Kier alpha value is -3.50. The third kappa shape index (κ3) is 4.09. The number of amidine groups is 1. The number of aromatic nitrogens is 1. The van der Waals surface area contributed by atoms with Crippen LogP contribution in [0.1, 0.15) is 5.76 Å². The number of carbonyl (C=O) groups excluding carboxylic acids is 1. The molecule has 2 aromatic heterocycles. The Morgan fingerprint density at radius 2 is 2.20 bits per heavy atom. The van der Waals surface area contributed by atoms with Gasteiger partial charge >= 0.3 is 0 Å². The van der Waals surface area contributed by atoms with Crippen molar-refractivity contribution in [1.29, 1.82) is 0 Å². The van der Waals surface area contributed by atoms with Crippen LogP contribution in [0, 0.1) is 10.1 Å². The first-order valence-corrected chi connectivity index (χ1v) is 10.4. The second-order valence-electron chi connectivity index (χ2n) is 6.03. The quantitative estimate of drug-likeness (QED) is 0.230. The van der Waals surface area contributed by atoms with Crippen LogP contribution in [0.4, 0.5) is 10.8 Å². The van der Waals surface area contributed by atoms with Crippen LogP contribution in [-0.4, -0.2) is 32.4 Å². The number of nitro groups is 1. The van der Waals surface area contributed by atoms with Crippen molar-refractivity contribution in [1.82, 2.24) is 9.88 Å². The molecule has 8 nitrogen and oxygen atoms in total. The Bertz CT molecular complexity index is 1180. The minimum atomic E-state index is -0.458. The van der Waals surface area contributed by atoms with E-state index in [0.717, 1.165) is 0 Å². The smallest absolute Gasteiger partial charge is 0.270 e. The first-order chi connectivity index (χ1) is 14.5. The molecule has 3 aromatic rings. The van der Waals surface area contributed by atoms with E-state index < -0.39 is 4.92 Å². The van der Waals surface area contributed by atoms with Crippen LogP contribution >= 0.6 is 23.1 Å². The van der Waals surface area contributed by atoms with Gasteiger partial charge in [-0.05, 0) is 23.9 Å². The Morgan fingerprint density at radius 1 is 1.33 bits per heavy atom. The SMILES string of the molecule is C=CCN1C(=O)/C(=C/c2ccc(-c3cccc([N+](=O)[O-])c3)o2)S/C1=N/c1nccs1. The van der Waals surface area contributed by atoms with E-state index in [4.69, 9.17) is 4.42 Å². The predicted octanol–water partition coefficient (Wildman–Crippen LogP) is 5.10. The van der Waals surface area contributed by atoms with E-state index in [1.54, 1.807) is 42.6 Å². The van der Waals surface area contributed by atoms with Gasteiger partial charge in [0, 0.05) is 41.9 Å². The number of hydrogen-bond acceptors (Lipinski definition) is 8. The third-order valence-electron chi connectivity index (χ3n) is 4.05. The van der Waals surface area contributed by atoms with Gasteiger partial charge in [-0.25, -0.2) is 4.98 Å². The average Bonchev–Trinajstić information content (AvgIpc) is 3.47. The number of nitrogens with zero attached hydrogens (tertiary/aromatic N) is 4. The van der Waals surface area contributed by atoms with Crippen molar-refractivity contribution < 1.29 is 14.1 Å². The van der Waals surface area contributed by atoms with E-state index in [1.165, 1.54) is 40.1 Å². The molecule has 0 radical (unpaired) electrons. The molecule has 4 rings (SSSR count). The number of furan rings is 1. The van der Waals surface area contributed by atoms with Gasteiger partial charge < -0.3 is 4.42 Å². The van der Waals surface area contributed by atoms with Gasteiger partial charge in [-0.3, -0.25) is 19.8 Å². The van der Waals surface area contributed by atoms with Gasteiger partial charge in [0.05, 0.1) is 9.83 Å². The predicted molar refractivity (Wildman–Crippen MR) is 117 cm³/mol. The Kier molecular flexibility index (Phi) is 5.59. The van der Waals surface area contributed by atoms with Gasteiger partial charge in [0.1, 0.15) is 11.5 Å². The lowest BCUT2D eigenvalue weighted by Crippen LogP contribution is -2.29. The summed E-state index contributed by atoms with van der Waals surface area (Å²) in [6, 6.07) is 9.60. The van der Waals surface area contributed by atoms with Gasteiger partial charge in [-0.15, -0.1) is 17.9 Å². The summed E-state index contributed by atoms with van der Waals surface area (Å²) in [4.78, 5) is 33.9. The number of amides is 1. The second kappa shape index (κ2) is 8.47. The first kappa shape index (κ1) is 19.8. The molecule has 1 amide bonds. The van der Waals surface area contributed by atoms with E-state index in [2.05, 4.69) is 16.6 Å². The van der Waals surface area contributed by atoms with Crippen LogP contribution in [0.3, 0.4) is 0 Å². The molecule has 0 atom stereocenters. The fraction of sp³-hybridized carbons (Fsp3) is 0.0500. The van der Waals surface area contributed by atoms with Crippen molar-refractivity contribution in [3.63, 3.8) is 0 Å². The van der Waals surface area contributed by atoms with Gasteiger partial charge in [0.25, 0.3) is 11.6 Å². The van der Waals surface area contributed by atoms with Gasteiger partial charge in [-0.1, -0.05) is 18.2 Å². The third-order valence-corrected chi connectivity index (χ3v) is 5.72. The average molecular weight is 438 g/mol. The van der Waals surface area contributed by atoms with Crippen LogP contribution in [0.25, 0.3) is 17.4 Å². The van der Waals surface area contributed by atoms with Crippen molar-refractivity contribution in [2.24, 2.45) is 4.99 Å². The first-order valence-electron chi connectivity index (χ1n) is 8.70. The highest BCUT2D eigenvalue weighted by atomic mass is 32.2. The molecular weight excluding hydrogens is 424 g/mol. The van der Waals surface area contributed by atoms with Crippen LogP contribution in [-0.2, 0) is 4.79 Å². The fourth-order valence-electron chi connectivity index (χ4n) is 2.72. The molecule has 0 spiro atoms. The van der Waals surface area contributed by atoms with E-state index in [1.807, 2.05) is 5.38 Å². The van der Waals surface area contributed by atoms with Crippen molar-refractivity contribution in [2.45, 2.75) is 0 Å². The summed E-state index contributed by atoms with van der Waals surface area (Å²) in [5, 5.41) is 13.9. The number of nitro benzene ring substituents is 1. The lowest BCUT2D eigenvalue weighted by atomic mass is 10.1. The molecule has 1 aromatic carbocycles. The highest BCUT2D eigenvalue weighted by Crippen LogP contribution is 2.35. The van der Waals surface area contributed by atoms with Crippen molar-refractivity contribution >= 4 is 51.1 Å². The standard InChI is InChI=1S/C20H14N4O4S2/c1-2-9-23-18(25)17(30-20(23)22-19-21-8-10-29-19)12-15-6-7-16(28-15)13-4-3-5-14(11-13)24(26)27/h2-8,10-12H,1,9H2/b17-12-,22-20+. The maximum Gasteiger partial charge on any atom is 0.270 e. The summed E-state index contributed by atoms with van der Waals surface area (Å²) < 4.78 is 5.80. The summed E-state index contributed by atoms with van der Waals surface area (Å²) in [5.74, 6) is 0.727. The number of benzene rings is 1. The van der Waals surface area contributed by atoms with E-state index in [9.17, 15) is 14.9 Å². The van der Waals surface area contributed by atoms with E-state index >= 15 is 0 Å². The summed E-state index contributed by atoms with van der Waals surface area (Å²) in [6.45, 7) is 4.02. The van der Waals surface area contributed by atoms with Gasteiger partial charge in [0.2, 0.25) is 5.13 Å². The highest BCUT2D eigenvalue weighted by molar-refractivity contribution is 8.18. The molecular formula is C20H14N4O4S2. The van der Waals surface area contributed by atoms with Crippen molar-refractivity contribution in [3.05, 3.63) is 81.4 Å². The molecule has 0 unspecified atom stereocenters. The molecule has 3 heterocycles. The largest absolute Gasteiger partial charge is 0.457 e. The molecule has 150 valence electrons. The monoisotopic (exact) mass is 438 g/mol. The fourth-order valence-corrected chi connectivity index (χ4v) is 4.25. The number of carbonyl (C=O) groups is 1. The number of thiazole rings is 1. The van der Waals surface area contributed by atoms with Gasteiger partial charge in [-0.2, -0.15) is 4.99 Å². The maximum atomic E-state index is 12.8. The van der Waals surface area contributed by atoms with Gasteiger partial charge in [0.15, 0.2) is 5.17 Å². The highest BCUT2D eigenvalue weighted by Gasteiger charge is 2.33. The molecule has 0 saturated carbocycles. The summed E-state index contributed by atoms with van der Waals surface area (Å²) in [7, 11) is 0. The Balaban J connectivity index is 1.62. The molecule has 0 N–H and O–H groups in total. The zero-order chi connectivity index (χ0) is 21.1. The number of aliphatic imine (C=N–C) groups is 1. The molecule has 1 saturated heterocycles. The van der Waals surface area contributed by atoms with Crippen LogP contribution in [0.2, 0.25) is 0 Å².